The standard InChI is InChI=1S/C9H14O.C4H4N2O2.C3H8O.C2H6O2/c1-7-4-8(10)6-9(2,3)5-7;7-3-5-1-2-6-4-8;1-3(2)4;3-1-2-4/h4H,5-6H2,1-3H3;1-2H2;3-4H,1-2H3;3-4H,1-2H2. The lowest BCUT2D eigenvalue weighted by atomic mass is 9.77. The molecule has 1 aliphatic carbocycles. The maximum atomic E-state index is 11.0. The van der Waals surface area contributed by atoms with E-state index in [-0.39, 0.29) is 43.6 Å². The van der Waals surface area contributed by atoms with Crippen LogP contribution in [0.25, 0.3) is 0 Å². The summed E-state index contributed by atoms with van der Waals surface area (Å²) in [7, 11) is 0. The summed E-state index contributed by atoms with van der Waals surface area (Å²) in [5, 5.41) is 23.3. The van der Waals surface area contributed by atoms with Crippen molar-refractivity contribution in [2.75, 3.05) is 26.3 Å². The number of rotatable bonds is 4. The minimum Gasteiger partial charge on any atom is -0.394 e. The summed E-state index contributed by atoms with van der Waals surface area (Å²) in [5.41, 5.74) is 1.43. The number of aliphatic hydroxyl groups is 3. The number of hydrogen-bond donors (Lipinski definition) is 3. The summed E-state index contributed by atoms with van der Waals surface area (Å²) in [6.45, 7) is 9.94. The van der Waals surface area contributed by atoms with E-state index >= 15 is 0 Å². The first-order chi connectivity index (χ1) is 12.1. The average molecular weight is 372 g/mol. The minimum atomic E-state index is -0.167. The minimum absolute atomic E-state index is 0.125. The average Bonchev–Trinajstić information content (AvgIpc) is 2.49. The van der Waals surface area contributed by atoms with E-state index in [1.54, 1.807) is 19.9 Å². The molecule has 0 radical (unpaired) electrons. The van der Waals surface area contributed by atoms with Crippen LogP contribution in [0.2, 0.25) is 0 Å². The Balaban J connectivity index is -0.000000296. The van der Waals surface area contributed by atoms with Gasteiger partial charge in [-0.1, -0.05) is 19.4 Å². The number of aliphatic hydroxyl groups excluding tert-OH is 3. The van der Waals surface area contributed by atoms with E-state index in [0.29, 0.717) is 6.42 Å². The molecule has 150 valence electrons. The predicted molar refractivity (Wildman–Crippen MR) is 99.3 cm³/mol. The first kappa shape index (κ1) is 28.8. The molecule has 0 heterocycles. The second-order valence-corrected chi connectivity index (χ2v) is 6.46. The highest BCUT2D eigenvalue weighted by Gasteiger charge is 2.25. The summed E-state index contributed by atoms with van der Waals surface area (Å²) in [6.07, 6.45) is 6.01. The van der Waals surface area contributed by atoms with Gasteiger partial charge in [0.15, 0.2) is 5.78 Å². The fourth-order valence-electron chi connectivity index (χ4n) is 1.86. The second-order valence-electron chi connectivity index (χ2n) is 6.46. The van der Waals surface area contributed by atoms with Gasteiger partial charge in [0, 0.05) is 12.5 Å². The number of aliphatic imine (C=N–C) groups is 2. The predicted octanol–water partition coefficient (Wildman–Crippen LogP) is 1.34. The van der Waals surface area contributed by atoms with Crippen LogP contribution < -0.4 is 0 Å². The van der Waals surface area contributed by atoms with Crippen LogP contribution in [-0.4, -0.2) is 65.7 Å². The molecular formula is C18H32N2O6. The van der Waals surface area contributed by atoms with Crippen LogP contribution in [0.5, 0.6) is 0 Å². The van der Waals surface area contributed by atoms with Crippen molar-refractivity contribution in [2.24, 2.45) is 15.4 Å². The Bertz CT molecular complexity index is 465. The molecule has 1 aliphatic rings. The Hall–Kier alpha value is -1.95. The smallest absolute Gasteiger partial charge is 0.235 e. The number of allylic oxidation sites excluding steroid dienone is 2. The lowest BCUT2D eigenvalue weighted by Gasteiger charge is -2.27. The van der Waals surface area contributed by atoms with Gasteiger partial charge in [-0.3, -0.25) is 4.79 Å². The van der Waals surface area contributed by atoms with Crippen LogP contribution in [0, 0.1) is 5.41 Å². The Morgan fingerprint density at radius 2 is 1.46 bits per heavy atom. The van der Waals surface area contributed by atoms with E-state index in [0.717, 1.165) is 6.42 Å². The van der Waals surface area contributed by atoms with Crippen molar-refractivity contribution >= 4 is 17.9 Å². The van der Waals surface area contributed by atoms with Crippen molar-refractivity contribution in [3.8, 4) is 0 Å². The SMILES string of the molecule is CC(C)O.CC1=CC(=O)CC(C)(C)C1.O=C=NCCN=C=O.OCCO. The molecule has 8 nitrogen and oxygen atoms in total. The van der Waals surface area contributed by atoms with Crippen LogP contribution in [0.1, 0.15) is 47.5 Å². The fraction of sp³-hybridized carbons (Fsp3) is 0.722. The zero-order valence-electron chi connectivity index (χ0n) is 16.4. The van der Waals surface area contributed by atoms with Crippen molar-refractivity contribution in [1.29, 1.82) is 0 Å². The Morgan fingerprint density at radius 3 is 1.69 bits per heavy atom. The quantitative estimate of drug-likeness (QED) is 0.387. The molecule has 8 heteroatoms. The number of carbonyl (C=O) groups is 1. The van der Waals surface area contributed by atoms with E-state index in [1.807, 2.05) is 6.92 Å². The lowest BCUT2D eigenvalue weighted by molar-refractivity contribution is -0.117. The molecule has 0 saturated carbocycles. The summed E-state index contributed by atoms with van der Waals surface area (Å²) < 4.78 is 0. The third kappa shape index (κ3) is 30.0. The van der Waals surface area contributed by atoms with Gasteiger partial charge in [-0.05, 0) is 38.7 Å². The van der Waals surface area contributed by atoms with Crippen molar-refractivity contribution in [3.63, 3.8) is 0 Å². The highest BCUT2D eigenvalue weighted by molar-refractivity contribution is 5.91. The Morgan fingerprint density at radius 1 is 1.08 bits per heavy atom. The third-order valence-corrected chi connectivity index (χ3v) is 2.37. The normalized spacial score (nSPS) is 13.9. The molecule has 0 aromatic carbocycles. The molecule has 0 aromatic heterocycles. The van der Waals surface area contributed by atoms with Crippen LogP contribution in [0.3, 0.4) is 0 Å². The molecule has 0 aromatic rings. The Labute approximate surface area is 155 Å². The molecule has 0 saturated heterocycles. The van der Waals surface area contributed by atoms with Gasteiger partial charge >= 0.3 is 0 Å². The van der Waals surface area contributed by atoms with Gasteiger partial charge in [-0.25, -0.2) is 19.6 Å². The van der Waals surface area contributed by atoms with Gasteiger partial charge in [0.25, 0.3) is 0 Å². The molecule has 0 amide bonds. The highest BCUT2D eigenvalue weighted by atomic mass is 16.3. The summed E-state index contributed by atoms with van der Waals surface area (Å²) in [6, 6.07) is 0. The first-order valence-electron chi connectivity index (χ1n) is 8.23. The van der Waals surface area contributed by atoms with Crippen molar-refractivity contribution in [1.82, 2.24) is 0 Å². The van der Waals surface area contributed by atoms with E-state index < -0.39 is 0 Å². The first-order valence-corrected chi connectivity index (χ1v) is 8.23. The molecule has 0 spiro atoms. The highest BCUT2D eigenvalue weighted by Crippen LogP contribution is 2.32. The van der Waals surface area contributed by atoms with E-state index in [1.165, 1.54) is 17.7 Å². The van der Waals surface area contributed by atoms with Gasteiger partial charge in [0.05, 0.1) is 26.3 Å². The second kappa shape index (κ2) is 19.4. The lowest BCUT2D eigenvalue weighted by Crippen LogP contribution is -2.20. The van der Waals surface area contributed by atoms with Crippen LogP contribution in [0.4, 0.5) is 0 Å². The molecule has 3 N–H and O–H groups in total. The van der Waals surface area contributed by atoms with Gasteiger partial charge < -0.3 is 15.3 Å². The van der Waals surface area contributed by atoms with E-state index in [4.69, 9.17) is 15.3 Å². The summed E-state index contributed by atoms with van der Waals surface area (Å²) in [4.78, 5) is 35.9. The monoisotopic (exact) mass is 372 g/mol. The maximum Gasteiger partial charge on any atom is 0.235 e. The maximum absolute atomic E-state index is 11.0. The van der Waals surface area contributed by atoms with Gasteiger partial charge in [0.2, 0.25) is 12.2 Å². The van der Waals surface area contributed by atoms with Crippen LogP contribution >= 0.6 is 0 Å². The molecule has 0 aliphatic heterocycles. The molecule has 1 rings (SSSR count). The number of carbonyl (C=O) groups excluding carboxylic acids is 3. The molecular weight excluding hydrogens is 340 g/mol. The zero-order valence-corrected chi connectivity index (χ0v) is 16.4. The number of nitrogens with zero attached hydrogens (tertiary/aromatic N) is 2. The third-order valence-electron chi connectivity index (χ3n) is 2.37. The van der Waals surface area contributed by atoms with Gasteiger partial charge in [-0.2, -0.15) is 0 Å². The van der Waals surface area contributed by atoms with E-state index in [2.05, 4.69) is 23.8 Å². The Kier molecular flexibility index (Phi) is 21.5. The van der Waals surface area contributed by atoms with Gasteiger partial charge in [-0.15, -0.1) is 0 Å². The van der Waals surface area contributed by atoms with Crippen molar-refractivity contribution in [2.45, 2.75) is 53.6 Å². The fourth-order valence-corrected chi connectivity index (χ4v) is 1.86. The molecule has 0 unspecified atom stereocenters. The summed E-state index contributed by atoms with van der Waals surface area (Å²) in [5.74, 6) is 0.286. The number of hydrogen-bond acceptors (Lipinski definition) is 8. The summed E-state index contributed by atoms with van der Waals surface area (Å²) >= 11 is 0. The van der Waals surface area contributed by atoms with Crippen molar-refractivity contribution < 1.29 is 29.7 Å². The zero-order chi connectivity index (χ0) is 21.0. The molecule has 0 fully saturated rings. The number of isocyanates is 2. The van der Waals surface area contributed by atoms with Crippen LogP contribution in [0.15, 0.2) is 21.6 Å². The van der Waals surface area contributed by atoms with E-state index in [9.17, 15) is 14.4 Å². The number of ketones is 1. The van der Waals surface area contributed by atoms with Gasteiger partial charge in [0.1, 0.15) is 0 Å². The molecule has 26 heavy (non-hydrogen) atoms. The topological polar surface area (TPSA) is 137 Å². The largest absolute Gasteiger partial charge is 0.394 e. The van der Waals surface area contributed by atoms with Crippen molar-refractivity contribution in [3.05, 3.63) is 11.6 Å². The van der Waals surface area contributed by atoms with Crippen LogP contribution in [-0.2, 0) is 14.4 Å². The molecule has 0 atom stereocenters. The molecule has 0 bridgehead atoms.